The number of hydrogen-bond acceptors (Lipinski definition) is 4. The molecule has 0 aromatic carbocycles. The lowest BCUT2D eigenvalue weighted by molar-refractivity contribution is -0.169. The fourth-order valence-electron chi connectivity index (χ4n) is 0.753. The second-order valence-electron chi connectivity index (χ2n) is 1.93. The van der Waals surface area contributed by atoms with Crippen LogP contribution >= 0.6 is 0 Å². The second-order valence-corrected chi connectivity index (χ2v) is 1.93. The summed E-state index contributed by atoms with van der Waals surface area (Å²) in [6.07, 6.45) is 0.500. The summed E-state index contributed by atoms with van der Waals surface area (Å²) in [6.45, 7) is 1.87. The summed E-state index contributed by atoms with van der Waals surface area (Å²) in [7, 11) is 0. The minimum absolute atomic E-state index is 0.150. The Balaban J connectivity index is 2.22. The Morgan fingerprint density at radius 3 is 3.00 bits per heavy atom. The summed E-state index contributed by atoms with van der Waals surface area (Å²) < 4.78 is 0. The molecule has 1 aliphatic heterocycles. The molecular weight excluding hydrogens is 120 g/mol. The Morgan fingerprint density at radius 2 is 2.56 bits per heavy atom. The van der Waals surface area contributed by atoms with Gasteiger partial charge in [-0.15, -0.1) is 5.06 Å². The number of hydroxylamine groups is 2. The fourth-order valence-corrected chi connectivity index (χ4v) is 0.753. The van der Waals surface area contributed by atoms with Crippen LogP contribution in [0.4, 0.5) is 0 Å². The number of carbonyl (C=O) groups excluding carboxylic acids is 1. The number of nitrogens with two attached hydrogens (primary N) is 1. The van der Waals surface area contributed by atoms with E-state index in [1.807, 2.05) is 0 Å². The normalized spacial score (nSPS) is 20.3. The maximum Gasteiger partial charge on any atom is 0.326 e. The van der Waals surface area contributed by atoms with Crippen molar-refractivity contribution in [3.8, 4) is 0 Å². The first kappa shape index (κ1) is 6.51. The summed E-state index contributed by atoms with van der Waals surface area (Å²) >= 11 is 0. The van der Waals surface area contributed by atoms with E-state index in [4.69, 9.17) is 10.6 Å². The molecule has 0 aromatic heterocycles. The van der Waals surface area contributed by atoms with Crippen molar-refractivity contribution < 1.29 is 9.63 Å². The molecule has 4 heteroatoms. The van der Waals surface area contributed by atoms with Crippen molar-refractivity contribution in [3.05, 3.63) is 0 Å². The maximum atomic E-state index is 10.4. The van der Waals surface area contributed by atoms with Crippen molar-refractivity contribution in [1.82, 2.24) is 5.06 Å². The molecule has 0 saturated carbocycles. The first-order valence-electron chi connectivity index (χ1n) is 2.99. The highest BCUT2D eigenvalue weighted by Gasteiger charge is 2.19. The Hall–Kier alpha value is -0.610. The molecule has 1 fully saturated rings. The molecule has 0 spiro atoms. The number of nitrogens with zero attached hydrogens (tertiary/aromatic N) is 1. The van der Waals surface area contributed by atoms with E-state index in [-0.39, 0.29) is 5.97 Å². The third-order valence-electron chi connectivity index (χ3n) is 1.17. The summed E-state index contributed by atoms with van der Waals surface area (Å²) in [5, 5.41) is 1.59. The van der Waals surface area contributed by atoms with Crippen LogP contribution in [0.5, 0.6) is 0 Å². The number of hydrogen-bond donors (Lipinski definition) is 1. The Morgan fingerprint density at radius 1 is 1.78 bits per heavy atom. The summed E-state index contributed by atoms with van der Waals surface area (Å²) in [5.41, 5.74) is 5.22. The average Bonchev–Trinajstić information content (AvgIpc) is 2.17. The van der Waals surface area contributed by atoms with Crippen LogP contribution in [-0.4, -0.2) is 30.7 Å². The van der Waals surface area contributed by atoms with E-state index in [0.717, 1.165) is 0 Å². The van der Waals surface area contributed by atoms with E-state index in [0.29, 0.717) is 26.1 Å². The predicted octanol–water partition coefficient (Wildman–Crippen LogP) is -0.891. The van der Waals surface area contributed by atoms with Crippen LogP contribution < -0.4 is 5.73 Å². The first-order chi connectivity index (χ1) is 4.33. The van der Waals surface area contributed by atoms with Crippen LogP contribution in [0.1, 0.15) is 6.42 Å². The molecule has 0 aliphatic carbocycles. The van der Waals surface area contributed by atoms with Crippen molar-refractivity contribution in [2.24, 2.45) is 5.73 Å². The van der Waals surface area contributed by atoms with Gasteiger partial charge in [-0.25, -0.2) is 0 Å². The smallest absolute Gasteiger partial charge is 0.326 e. The molecule has 0 bridgehead atoms. The second kappa shape index (κ2) is 2.80. The van der Waals surface area contributed by atoms with E-state index >= 15 is 0 Å². The third-order valence-corrected chi connectivity index (χ3v) is 1.17. The third kappa shape index (κ3) is 1.65. The van der Waals surface area contributed by atoms with Gasteiger partial charge in [-0.05, 0) is 0 Å². The predicted molar refractivity (Wildman–Crippen MR) is 31.3 cm³/mol. The highest BCUT2D eigenvalue weighted by Crippen LogP contribution is 2.03. The van der Waals surface area contributed by atoms with Crippen LogP contribution in [0.15, 0.2) is 0 Å². The van der Waals surface area contributed by atoms with Gasteiger partial charge in [0, 0.05) is 19.6 Å². The largest absolute Gasteiger partial charge is 0.368 e. The topological polar surface area (TPSA) is 55.6 Å². The summed E-state index contributed by atoms with van der Waals surface area (Å²) in [5.74, 6) is -0.150. The van der Waals surface area contributed by atoms with E-state index in [2.05, 4.69) is 0 Å². The lowest BCUT2D eigenvalue weighted by Crippen LogP contribution is -2.25. The quantitative estimate of drug-likeness (QED) is 0.526. The standard InChI is InChI=1S/C5H10N2O2/c6-2-4-7-3-1-5(8)9-7/h1-4,6H2. The van der Waals surface area contributed by atoms with Gasteiger partial charge in [0.05, 0.1) is 6.42 Å². The molecule has 0 unspecified atom stereocenters. The molecule has 52 valence electrons. The molecule has 1 aliphatic rings. The molecule has 0 aromatic rings. The monoisotopic (exact) mass is 130 g/mol. The van der Waals surface area contributed by atoms with Gasteiger partial charge in [-0.2, -0.15) is 0 Å². The van der Waals surface area contributed by atoms with Crippen LogP contribution in [0.3, 0.4) is 0 Å². The van der Waals surface area contributed by atoms with Crippen LogP contribution in [0.25, 0.3) is 0 Å². The van der Waals surface area contributed by atoms with Gasteiger partial charge < -0.3 is 10.6 Å². The van der Waals surface area contributed by atoms with Gasteiger partial charge >= 0.3 is 5.97 Å². The van der Waals surface area contributed by atoms with E-state index in [1.54, 1.807) is 5.06 Å². The van der Waals surface area contributed by atoms with Gasteiger partial charge in [0.15, 0.2) is 0 Å². The molecule has 4 nitrogen and oxygen atoms in total. The molecule has 1 saturated heterocycles. The zero-order chi connectivity index (χ0) is 6.69. The Kier molecular flexibility index (Phi) is 2.02. The van der Waals surface area contributed by atoms with Crippen molar-refractivity contribution in [1.29, 1.82) is 0 Å². The van der Waals surface area contributed by atoms with E-state index in [9.17, 15) is 4.79 Å². The Labute approximate surface area is 53.5 Å². The van der Waals surface area contributed by atoms with Crippen molar-refractivity contribution >= 4 is 5.97 Å². The molecule has 0 radical (unpaired) electrons. The van der Waals surface area contributed by atoms with Crippen molar-refractivity contribution in [2.75, 3.05) is 19.6 Å². The van der Waals surface area contributed by atoms with Gasteiger partial charge in [0.1, 0.15) is 0 Å². The zero-order valence-electron chi connectivity index (χ0n) is 5.17. The highest BCUT2D eigenvalue weighted by atomic mass is 16.7. The molecular formula is C5H10N2O2. The van der Waals surface area contributed by atoms with E-state index < -0.39 is 0 Å². The summed E-state index contributed by atoms with van der Waals surface area (Å²) in [6, 6.07) is 0. The van der Waals surface area contributed by atoms with Crippen molar-refractivity contribution in [3.63, 3.8) is 0 Å². The van der Waals surface area contributed by atoms with Crippen LogP contribution in [0.2, 0.25) is 0 Å². The van der Waals surface area contributed by atoms with Gasteiger partial charge in [-0.1, -0.05) is 0 Å². The maximum absolute atomic E-state index is 10.4. The lowest BCUT2D eigenvalue weighted by Gasteiger charge is -2.09. The van der Waals surface area contributed by atoms with E-state index in [1.165, 1.54) is 0 Å². The molecule has 0 atom stereocenters. The first-order valence-corrected chi connectivity index (χ1v) is 2.99. The summed E-state index contributed by atoms with van der Waals surface area (Å²) in [4.78, 5) is 15.1. The minimum Gasteiger partial charge on any atom is -0.368 e. The average molecular weight is 130 g/mol. The van der Waals surface area contributed by atoms with Gasteiger partial charge in [0.25, 0.3) is 0 Å². The van der Waals surface area contributed by atoms with Crippen molar-refractivity contribution in [2.45, 2.75) is 6.42 Å². The van der Waals surface area contributed by atoms with Gasteiger partial charge in [0.2, 0.25) is 0 Å². The fraction of sp³-hybridized carbons (Fsp3) is 0.800. The molecule has 0 amide bonds. The molecule has 1 heterocycles. The number of carbonyl (C=O) groups is 1. The number of rotatable bonds is 2. The van der Waals surface area contributed by atoms with Gasteiger partial charge in [-0.3, -0.25) is 4.79 Å². The zero-order valence-corrected chi connectivity index (χ0v) is 5.17. The Bertz CT molecular complexity index is 116. The molecule has 9 heavy (non-hydrogen) atoms. The SMILES string of the molecule is NCCN1CCC(=O)O1. The van der Waals surface area contributed by atoms with Crippen LogP contribution in [0, 0.1) is 0 Å². The minimum atomic E-state index is -0.150. The van der Waals surface area contributed by atoms with Crippen LogP contribution in [-0.2, 0) is 9.63 Å². The highest BCUT2D eigenvalue weighted by molar-refractivity contribution is 5.70. The molecule has 2 N–H and O–H groups in total. The molecule has 1 rings (SSSR count). The lowest BCUT2D eigenvalue weighted by atomic mass is 10.4.